The van der Waals surface area contributed by atoms with E-state index in [9.17, 15) is 0 Å². The lowest BCUT2D eigenvalue weighted by molar-refractivity contribution is 0.560. The van der Waals surface area contributed by atoms with Crippen molar-refractivity contribution in [1.82, 2.24) is 10.3 Å². The topological polar surface area (TPSA) is 28.2 Å². The summed E-state index contributed by atoms with van der Waals surface area (Å²) in [6, 6.07) is 9.00. The first-order chi connectivity index (χ1) is 9.69. The summed E-state index contributed by atoms with van der Waals surface area (Å²) in [5.41, 5.74) is 3.89. The van der Waals surface area contributed by atoms with Gasteiger partial charge in [0.25, 0.3) is 0 Å². The molecule has 106 valence electrons. The highest BCUT2D eigenvalue weighted by atomic mass is 32.1. The maximum atomic E-state index is 4.82. The minimum absolute atomic E-state index is 0.303. The lowest BCUT2D eigenvalue weighted by Gasteiger charge is -2.32. The predicted molar refractivity (Wildman–Crippen MR) is 85.9 cm³/mol. The van der Waals surface area contributed by atoms with Crippen molar-refractivity contribution in [3.8, 4) is 0 Å². The van der Waals surface area contributed by atoms with Gasteiger partial charge in [-0.15, -0.1) is 11.3 Å². The monoisotopic (exact) mass is 287 g/mol. The van der Waals surface area contributed by atoms with Crippen molar-refractivity contribution in [2.75, 3.05) is 18.5 Å². The number of hydrogen-bond donors (Lipinski definition) is 1. The molecule has 0 fully saturated rings. The highest BCUT2D eigenvalue weighted by Crippen LogP contribution is 2.37. The van der Waals surface area contributed by atoms with E-state index in [2.05, 4.69) is 53.7 Å². The van der Waals surface area contributed by atoms with Gasteiger partial charge >= 0.3 is 0 Å². The number of rotatable bonds is 3. The Balaban J connectivity index is 1.96. The normalized spacial score (nSPS) is 19.8. The summed E-state index contributed by atoms with van der Waals surface area (Å²) in [4.78, 5) is 7.19. The second kappa shape index (κ2) is 5.54. The van der Waals surface area contributed by atoms with E-state index in [1.165, 1.54) is 11.3 Å². The van der Waals surface area contributed by atoms with Crippen LogP contribution in [0.5, 0.6) is 0 Å². The number of hydrogen-bond acceptors (Lipinski definition) is 4. The van der Waals surface area contributed by atoms with Crippen LogP contribution in [0.25, 0.3) is 0 Å². The van der Waals surface area contributed by atoms with Crippen LogP contribution in [0.2, 0.25) is 0 Å². The molecule has 0 radical (unpaired) electrons. The van der Waals surface area contributed by atoms with E-state index in [0.29, 0.717) is 12.0 Å². The molecule has 1 aliphatic rings. The standard InChI is InChI=1S/C16H21N3S/c1-11-8-13-6-4-5-7-15(13)19(9-11)16-18-14(10-20-16)12(2)17-3/h4-7,10-12,17H,8-9H2,1-3H3. The first-order valence-electron chi connectivity index (χ1n) is 7.17. The van der Waals surface area contributed by atoms with Gasteiger partial charge in [0, 0.05) is 23.7 Å². The summed E-state index contributed by atoms with van der Waals surface area (Å²) < 4.78 is 0. The molecule has 0 spiro atoms. The Kier molecular flexibility index (Phi) is 3.76. The zero-order valence-corrected chi connectivity index (χ0v) is 13.1. The van der Waals surface area contributed by atoms with E-state index in [-0.39, 0.29) is 0 Å². The molecule has 2 heterocycles. The molecule has 2 unspecified atom stereocenters. The van der Waals surface area contributed by atoms with Crippen molar-refractivity contribution in [2.45, 2.75) is 26.3 Å². The Morgan fingerprint density at radius 3 is 3.00 bits per heavy atom. The van der Waals surface area contributed by atoms with E-state index >= 15 is 0 Å². The van der Waals surface area contributed by atoms with E-state index in [4.69, 9.17) is 4.98 Å². The quantitative estimate of drug-likeness (QED) is 0.932. The van der Waals surface area contributed by atoms with Crippen LogP contribution in [0.1, 0.15) is 31.1 Å². The second-order valence-corrected chi connectivity index (χ2v) is 6.45. The second-order valence-electron chi connectivity index (χ2n) is 5.61. The highest BCUT2D eigenvalue weighted by molar-refractivity contribution is 7.13. The summed E-state index contributed by atoms with van der Waals surface area (Å²) in [6.45, 7) is 5.51. The van der Waals surface area contributed by atoms with Crippen LogP contribution < -0.4 is 10.2 Å². The van der Waals surface area contributed by atoms with Crippen molar-refractivity contribution in [3.63, 3.8) is 0 Å². The van der Waals surface area contributed by atoms with Gasteiger partial charge in [0.05, 0.1) is 5.69 Å². The van der Waals surface area contributed by atoms with Crippen LogP contribution in [0.3, 0.4) is 0 Å². The molecule has 2 aromatic rings. The Labute approximate surface area is 124 Å². The van der Waals surface area contributed by atoms with Gasteiger partial charge in [-0.1, -0.05) is 25.1 Å². The van der Waals surface area contributed by atoms with Crippen LogP contribution in [0.4, 0.5) is 10.8 Å². The molecule has 1 aromatic heterocycles. The summed E-state index contributed by atoms with van der Waals surface area (Å²) in [6.07, 6.45) is 1.16. The highest BCUT2D eigenvalue weighted by Gasteiger charge is 2.24. The number of fused-ring (bicyclic) bond motifs is 1. The third-order valence-corrected chi connectivity index (χ3v) is 4.84. The largest absolute Gasteiger partial charge is 0.317 e. The van der Waals surface area contributed by atoms with Crippen molar-refractivity contribution in [3.05, 3.63) is 40.9 Å². The first-order valence-corrected chi connectivity index (χ1v) is 8.05. The Bertz CT molecular complexity index is 593. The molecule has 0 saturated heterocycles. The summed E-state index contributed by atoms with van der Waals surface area (Å²) >= 11 is 1.74. The van der Waals surface area contributed by atoms with Gasteiger partial charge in [0.15, 0.2) is 5.13 Å². The average Bonchev–Trinajstić information content (AvgIpc) is 2.95. The van der Waals surface area contributed by atoms with E-state index < -0.39 is 0 Å². The van der Waals surface area contributed by atoms with Crippen molar-refractivity contribution in [1.29, 1.82) is 0 Å². The van der Waals surface area contributed by atoms with Gasteiger partial charge in [-0.2, -0.15) is 0 Å². The Morgan fingerprint density at radius 1 is 1.40 bits per heavy atom. The van der Waals surface area contributed by atoms with Crippen molar-refractivity contribution < 1.29 is 0 Å². The summed E-state index contributed by atoms with van der Waals surface area (Å²) in [5.74, 6) is 0.666. The predicted octanol–water partition coefficient (Wildman–Crippen LogP) is 3.75. The molecule has 0 aliphatic carbocycles. The van der Waals surface area contributed by atoms with Gasteiger partial charge in [-0.3, -0.25) is 0 Å². The van der Waals surface area contributed by atoms with E-state index in [0.717, 1.165) is 23.8 Å². The molecule has 4 heteroatoms. The number of aromatic nitrogens is 1. The van der Waals surface area contributed by atoms with Gasteiger partial charge in [-0.25, -0.2) is 4.98 Å². The smallest absolute Gasteiger partial charge is 0.190 e. The number of nitrogens with zero attached hydrogens (tertiary/aromatic N) is 2. The molecular weight excluding hydrogens is 266 g/mol. The average molecular weight is 287 g/mol. The minimum atomic E-state index is 0.303. The molecule has 1 N–H and O–H groups in total. The number of benzene rings is 1. The lowest BCUT2D eigenvalue weighted by Crippen LogP contribution is -2.30. The van der Waals surface area contributed by atoms with Crippen LogP contribution in [-0.2, 0) is 6.42 Å². The van der Waals surface area contributed by atoms with Gasteiger partial charge in [-0.05, 0) is 37.9 Å². The summed E-state index contributed by atoms with van der Waals surface area (Å²) in [7, 11) is 1.97. The van der Waals surface area contributed by atoms with Gasteiger partial charge < -0.3 is 10.2 Å². The molecule has 0 amide bonds. The Morgan fingerprint density at radius 2 is 2.20 bits per heavy atom. The molecule has 3 nitrogen and oxygen atoms in total. The molecule has 1 aliphatic heterocycles. The number of nitrogens with one attached hydrogen (secondary N) is 1. The SMILES string of the molecule is CNC(C)c1csc(N2CC(C)Cc3ccccc32)n1. The zero-order valence-electron chi connectivity index (χ0n) is 12.3. The van der Waals surface area contributed by atoms with Crippen molar-refractivity contribution in [2.24, 2.45) is 5.92 Å². The van der Waals surface area contributed by atoms with E-state index in [1.54, 1.807) is 11.3 Å². The molecule has 0 bridgehead atoms. The Hall–Kier alpha value is -1.39. The third kappa shape index (κ3) is 2.45. The zero-order chi connectivity index (χ0) is 14.1. The van der Waals surface area contributed by atoms with Crippen LogP contribution in [0.15, 0.2) is 29.6 Å². The van der Waals surface area contributed by atoms with Crippen LogP contribution in [0, 0.1) is 5.92 Å². The fraction of sp³-hybridized carbons (Fsp3) is 0.438. The number of para-hydroxylation sites is 1. The molecule has 2 atom stereocenters. The minimum Gasteiger partial charge on any atom is -0.317 e. The molecule has 1 aromatic carbocycles. The fourth-order valence-corrected chi connectivity index (χ4v) is 3.67. The summed E-state index contributed by atoms with van der Waals surface area (Å²) in [5, 5.41) is 6.53. The maximum absolute atomic E-state index is 4.82. The molecule has 20 heavy (non-hydrogen) atoms. The van der Waals surface area contributed by atoms with Crippen LogP contribution >= 0.6 is 11.3 Å². The molecule has 3 rings (SSSR count). The lowest BCUT2D eigenvalue weighted by atomic mass is 9.94. The van der Waals surface area contributed by atoms with E-state index in [1.807, 2.05) is 7.05 Å². The molecule has 0 saturated carbocycles. The molecular formula is C16H21N3S. The van der Waals surface area contributed by atoms with Crippen molar-refractivity contribution >= 4 is 22.2 Å². The maximum Gasteiger partial charge on any atom is 0.190 e. The third-order valence-electron chi connectivity index (χ3n) is 3.96. The number of anilines is 2. The first kappa shape index (κ1) is 13.6. The van der Waals surface area contributed by atoms with Gasteiger partial charge in [0.1, 0.15) is 0 Å². The fourth-order valence-electron chi connectivity index (χ4n) is 2.72. The van der Waals surface area contributed by atoms with Gasteiger partial charge in [0.2, 0.25) is 0 Å². The van der Waals surface area contributed by atoms with Crippen LogP contribution in [-0.4, -0.2) is 18.6 Å². The number of thiazole rings is 1.